The van der Waals surface area contributed by atoms with Crippen LogP contribution < -0.4 is 15.4 Å². The average molecular weight is 333 g/mol. The fourth-order valence-electron chi connectivity index (χ4n) is 3.45. The van der Waals surface area contributed by atoms with Crippen LogP contribution in [-0.4, -0.2) is 60.5 Å². The van der Waals surface area contributed by atoms with Gasteiger partial charge in [-0.1, -0.05) is 18.2 Å². The zero-order valence-electron chi connectivity index (χ0n) is 14.2. The fraction of sp³-hybridized carbons (Fsp3) is 0.611. The van der Waals surface area contributed by atoms with Crippen molar-refractivity contribution in [1.82, 2.24) is 15.5 Å². The Balaban J connectivity index is 1.50. The third-order valence-electron chi connectivity index (χ3n) is 4.90. The van der Waals surface area contributed by atoms with E-state index in [9.17, 15) is 9.90 Å². The minimum atomic E-state index is -0.536. The third kappa shape index (κ3) is 3.99. The van der Waals surface area contributed by atoms with Crippen LogP contribution >= 0.6 is 0 Å². The van der Waals surface area contributed by atoms with Gasteiger partial charge in [-0.15, -0.1) is 0 Å². The van der Waals surface area contributed by atoms with Gasteiger partial charge in [-0.3, -0.25) is 0 Å². The minimum absolute atomic E-state index is 0.00163. The Morgan fingerprint density at radius 3 is 2.96 bits per heavy atom. The molecule has 0 spiro atoms. The first-order valence-electron chi connectivity index (χ1n) is 8.81. The number of carbonyl (C=O) groups excluding carboxylic acids is 1. The van der Waals surface area contributed by atoms with Crippen molar-refractivity contribution in [3.05, 3.63) is 29.8 Å². The summed E-state index contributed by atoms with van der Waals surface area (Å²) in [5, 5.41) is 16.8. The number of hydrogen-bond donors (Lipinski definition) is 3. The van der Waals surface area contributed by atoms with Crippen molar-refractivity contribution in [3.63, 3.8) is 0 Å². The van der Waals surface area contributed by atoms with Crippen LogP contribution in [0.3, 0.4) is 0 Å². The lowest BCUT2D eigenvalue weighted by Crippen LogP contribution is -2.52. The summed E-state index contributed by atoms with van der Waals surface area (Å²) in [6.07, 6.45) is 2.09. The number of nitrogens with one attached hydrogen (secondary N) is 2. The van der Waals surface area contributed by atoms with Crippen LogP contribution in [0.2, 0.25) is 0 Å². The van der Waals surface area contributed by atoms with Crippen molar-refractivity contribution < 1.29 is 14.6 Å². The van der Waals surface area contributed by atoms with E-state index in [1.165, 1.54) is 0 Å². The first-order valence-corrected chi connectivity index (χ1v) is 8.81. The lowest BCUT2D eigenvalue weighted by molar-refractivity contribution is -0.0157. The summed E-state index contributed by atoms with van der Waals surface area (Å²) in [4.78, 5) is 13.3. The fourth-order valence-corrected chi connectivity index (χ4v) is 3.45. The van der Waals surface area contributed by atoms with Crippen LogP contribution in [0.1, 0.15) is 24.8 Å². The molecule has 1 saturated heterocycles. The highest BCUT2D eigenvalue weighted by Gasteiger charge is 2.33. The lowest BCUT2D eigenvalue weighted by Gasteiger charge is -2.36. The van der Waals surface area contributed by atoms with E-state index in [4.69, 9.17) is 4.74 Å². The van der Waals surface area contributed by atoms with Crippen LogP contribution in [0.4, 0.5) is 4.79 Å². The SMILES string of the molecule is Cc1ccccc1O[C@@H]1CCC[C@H](NCCN2CCNC2=O)[C@H]1O. The third-order valence-corrected chi connectivity index (χ3v) is 4.90. The van der Waals surface area contributed by atoms with Gasteiger partial charge >= 0.3 is 6.03 Å². The highest BCUT2D eigenvalue weighted by molar-refractivity contribution is 5.76. The number of para-hydroxylation sites is 1. The predicted molar refractivity (Wildman–Crippen MR) is 92.2 cm³/mol. The van der Waals surface area contributed by atoms with Gasteiger partial charge in [0.25, 0.3) is 0 Å². The number of carbonyl (C=O) groups is 1. The summed E-state index contributed by atoms with van der Waals surface area (Å²) in [6, 6.07) is 7.92. The molecule has 1 aromatic carbocycles. The van der Waals surface area contributed by atoms with E-state index >= 15 is 0 Å². The number of ether oxygens (including phenoxy) is 1. The number of hydrogen-bond acceptors (Lipinski definition) is 4. The molecule has 3 atom stereocenters. The zero-order valence-corrected chi connectivity index (χ0v) is 14.2. The second kappa shape index (κ2) is 7.85. The van der Waals surface area contributed by atoms with Crippen molar-refractivity contribution in [2.75, 3.05) is 26.2 Å². The number of aryl methyl sites for hydroxylation is 1. The van der Waals surface area contributed by atoms with Gasteiger partial charge in [0, 0.05) is 32.2 Å². The second-order valence-electron chi connectivity index (χ2n) is 6.62. The summed E-state index contributed by atoms with van der Waals surface area (Å²) in [6.45, 7) is 4.84. The maximum atomic E-state index is 11.5. The van der Waals surface area contributed by atoms with Crippen LogP contribution in [0.5, 0.6) is 5.75 Å². The molecule has 3 rings (SSSR count). The highest BCUT2D eigenvalue weighted by Crippen LogP contribution is 2.26. The van der Waals surface area contributed by atoms with Crippen molar-refractivity contribution in [3.8, 4) is 5.75 Å². The normalized spacial score (nSPS) is 27.2. The van der Waals surface area contributed by atoms with Crippen molar-refractivity contribution >= 4 is 6.03 Å². The predicted octanol–water partition coefficient (Wildman–Crippen LogP) is 1.27. The molecule has 3 N–H and O–H groups in total. The molecule has 132 valence electrons. The molecule has 0 aromatic heterocycles. The first-order chi connectivity index (χ1) is 11.6. The molecule has 6 nitrogen and oxygen atoms in total. The summed E-state index contributed by atoms with van der Waals surface area (Å²) >= 11 is 0. The number of nitrogens with zero attached hydrogens (tertiary/aromatic N) is 1. The molecule has 2 aliphatic rings. The molecular formula is C18H27N3O3. The zero-order chi connectivity index (χ0) is 16.9. The lowest BCUT2D eigenvalue weighted by atomic mass is 9.89. The van der Waals surface area contributed by atoms with Gasteiger partial charge in [0.15, 0.2) is 0 Å². The molecule has 1 heterocycles. The van der Waals surface area contributed by atoms with E-state index in [1.54, 1.807) is 4.90 Å². The van der Waals surface area contributed by atoms with E-state index in [2.05, 4.69) is 10.6 Å². The quantitative estimate of drug-likeness (QED) is 0.733. The van der Waals surface area contributed by atoms with Crippen LogP contribution in [0.15, 0.2) is 24.3 Å². The van der Waals surface area contributed by atoms with Gasteiger partial charge in [0.1, 0.15) is 18.0 Å². The smallest absolute Gasteiger partial charge is 0.317 e. The van der Waals surface area contributed by atoms with Crippen molar-refractivity contribution in [2.45, 2.75) is 44.4 Å². The van der Waals surface area contributed by atoms with E-state index < -0.39 is 6.10 Å². The number of aliphatic hydroxyl groups is 1. The summed E-state index contributed by atoms with van der Waals surface area (Å²) in [5.74, 6) is 0.843. The largest absolute Gasteiger partial charge is 0.487 e. The second-order valence-corrected chi connectivity index (χ2v) is 6.62. The number of aliphatic hydroxyl groups excluding tert-OH is 1. The van der Waals surface area contributed by atoms with E-state index in [-0.39, 0.29) is 18.2 Å². The Kier molecular flexibility index (Phi) is 5.58. The van der Waals surface area contributed by atoms with Gasteiger partial charge in [-0.25, -0.2) is 4.79 Å². The highest BCUT2D eigenvalue weighted by atomic mass is 16.5. The summed E-state index contributed by atoms with van der Waals surface area (Å²) < 4.78 is 6.06. The van der Waals surface area contributed by atoms with Crippen molar-refractivity contribution in [1.29, 1.82) is 0 Å². The monoisotopic (exact) mass is 333 g/mol. The average Bonchev–Trinajstić information content (AvgIpc) is 2.98. The Morgan fingerprint density at radius 2 is 2.21 bits per heavy atom. The topological polar surface area (TPSA) is 73.8 Å². The number of benzene rings is 1. The number of rotatable bonds is 6. The standard InChI is InChI=1S/C18H27N3O3/c1-13-5-2-3-7-15(13)24-16-8-4-6-14(17(16)22)19-9-11-21-12-10-20-18(21)23/h2-3,5,7,14,16-17,19,22H,4,6,8-12H2,1H3,(H,20,23)/t14-,16+,17+/m0/s1. The van der Waals surface area contributed by atoms with Crippen LogP contribution in [-0.2, 0) is 0 Å². The molecule has 0 bridgehead atoms. The Hall–Kier alpha value is -1.79. The van der Waals surface area contributed by atoms with Crippen LogP contribution in [0.25, 0.3) is 0 Å². The van der Waals surface area contributed by atoms with Gasteiger partial charge in [0.05, 0.1) is 0 Å². The van der Waals surface area contributed by atoms with E-state index in [1.807, 2.05) is 31.2 Å². The molecule has 1 aliphatic heterocycles. The number of amides is 2. The molecule has 2 fully saturated rings. The molecule has 0 unspecified atom stereocenters. The molecule has 1 aliphatic carbocycles. The Bertz CT molecular complexity index is 566. The molecular weight excluding hydrogens is 306 g/mol. The Labute approximate surface area is 143 Å². The molecule has 0 radical (unpaired) electrons. The molecule has 1 saturated carbocycles. The minimum Gasteiger partial charge on any atom is -0.487 e. The molecule has 6 heteroatoms. The van der Waals surface area contributed by atoms with E-state index in [0.29, 0.717) is 13.1 Å². The Morgan fingerprint density at radius 1 is 1.38 bits per heavy atom. The summed E-state index contributed by atoms with van der Waals surface area (Å²) in [7, 11) is 0. The first kappa shape index (κ1) is 17.0. The maximum absolute atomic E-state index is 11.5. The molecule has 2 amide bonds. The van der Waals surface area contributed by atoms with Crippen LogP contribution in [0, 0.1) is 6.92 Å². The molecule has 24 heavy (non-hydrogen) atoms. The summed E-state index contributed by atoms with van der Waals surface area (Å²) in [5.41, 5.74) is 1.08. The van der Waals surface area contributed by atoms with Gasteiger partial charge in [0.2, 0.25) is 0 Å². The maximum Gasteiger partial charge on any atom is 0.317 e. The van der Waals surface area contributed by atoms with E-state index in [0.717, 1.165) is 43.7 Å². The molecule has 1 aromatic rings. The van der Waals surface area contributed by atoms with Gasteiger partial charge < -0.3 is 25.4 Å². The van der Waals surface area contributed by atoms with Gasteiger partial charge in [-0.2, -0.15) is 0 Å². The number of urea groups is 1. The van der Waals surface area contributed by atoms with Gasteiger partial charge in [-0.05, 0) is 37.8 Å². The van der Waals surface area contributed by atoms with Crippen molar-refractivity contribution in [2.24, 2.45) is 0 Å².